The summed E-state index contributed by atoms with van der Waals surface area (Å²) in [6, 6.07) is 3.89. The van der Waals surface area contributed by atoms with Gasteiger partial charge in [0.15, 0.2) is 0 Å². The Morgan fingerprint density at radius 1 is 1.58 bits per heavy atom. The minimum atomic E-state index is -0.721. The molecular formula is C13H20N2O2S2. The Bertz CT molecular complexity index is 403. The minimum Gasteiger partial charge on any atom is -0.387 e. The van der Waals surface area contributed by atoms with Crippen LogP contribution in [0, 0.1) is 0 Å². The van der Waals surface area contributed by atoms with Crippen LogP contribution in [0.2, 0.25) is 0 Å². The number of aliphatic hydroxyl groups is 1. The SMILES string of the molecule is C[C@H](CNC(=O)NC[C@@]1(O)CCSC1)c1cccs1. The summed E-state index contributed by atoms with van der Waals surface area (Å²) in [6.45, 7) is 3.03. The lowest BCUT2D eigenvalue weighted by Crippen LogP contribution is -2.47. The van der Waals surface area contributed by atoms with E-state index in [9.17, 15) is 9.90 Å². The zero-order chi connectivity index (χ0) is 13.7. The van der Waals surface area contributed by atoms with Gasteiger partial charge >= 0.3 is 6.03 Å². The zero-order valence-electron chi connectivity index (χ0n) is 11.0. The van der Waals surface area contributed by atoms with E-state index in [1.54, 1.807) is 23.1 Å². The van der Waals surface area contributed by atoms with Gasteiger partial charge in [-0.25, -0.2) is 4.79 Å². The number of hydrogen-bond acceptors (Lipinski definition) is 4. The van der Waals surface area contributed by atoms with Crippen LogP contribution in [0.4, 0.5) is 4.79 Å². The van der Waals surface area contributed by atoms with E-state index in [1.807, 2.05) is 11.4 Å². The number of carbonyl (C=O) groups is 1. The molecule has 2 rings (SSSR count). The number of urea groups is 1. The van der Waals surface area contributed by atoms with Gasteiger partial charge < -0.3 is 15.7 Å². The van der Waals surface area contributed by atoms with Crippen LogP contribution in [0.1, 0.15) is 24.1 Å². The average Bonchev–Trinajstić information content (AvgIpc) is 3.05. The highest BCUT2D eigenvalue weighted by atomic mass is 32.2. The first-order valence-corrected chi connectivity index (χ1v) is 8.48. The Labute approximate surface area is 122 Å². The summed E-state index contributed by atoms with van der Waals surface area (Å²) >= 11 is 3.43. The van der Waals surface area contributed by atoms with Crippen molar-refractivity contribution < 1.29 is 9.90 Å². The lowest BCUT2D eigenvalue weighted by Gasteiger charge is -2.22. The quantitative estimate of drug-likeness (QED) is 0.779. The molecule has 19 heavy (non-hydrogen) atoms. The van der Waals surface area contributed by atoms with Crippen molar-refractivity contribution >= 4 is 29.1 Å². The molecule has 2 heterocycles. The first kappa shape index (κ1) is 14.7. The van der Waals surface area contributed by atoms with Gasteiger partial charge in [0.1, 0.15) is 0 Å². The summed E-state index contributed by atoms with van der Waals surface area (Å²) in [5.74, 6) is 1.99. The van der Waals surface area contributed by atoms with Crippen molar-refractivity contribution in [2.24, 2.45) is 0 Å². The third-order valence-corrected chi connectivity index (χ3v) is 5.60. The predicted molar refractivity (Wildman–Crippen MR) is 81.0 cm³/mol. The first-order chi connectivity index (χ1) is 9.09. The first-order valence-electron chi connectivity index (χ1n) is 6.44. The van der Waals surface area contributed by atoms with Crippen LogP contribution in [0.5, 0.6) is 0 Å². The Kier molecular flexibility index (Phi) is 5.13. The Morgan fingerprint density at radius 2 is 2.42 bits per heavy atom. The highest BCUT2D eigenvalue weighted by Crippen LogP contribution is 2.26. The maximum absolute atomic E-state index is 11.7. The van der Waals surface area contributed by atoms with Crippen LogP contribution in [-0.2, 0) is 0 Å². The van der Waals surface area contributed by atoms with E-state index in [-0.39, 0.29) is 6.03 Å². The van der Waals surface area contributed by atoms with E-state index in [1.165, 1.54) is 4.88 Å². The molecule has 106 valence electrons. The summed E-state index contributed by atoms with van der Waals surface area (Å²) in [7, 11) is 0. The van der Waals surface area contributed by atoms with E-state index < -0.39 is 5.60 Å². The monoisotopic (exact) mass is 300 g/mol. The van der Waals surface area contributed by atoms with Crippen LogP contribution in [-0.4, -0.2) is 41.3 Å². The van der Waals surface area contributed by atoms with E-state index in [2.05, 4.69) is 23.6 Å². The fourth-order valence-electron chi connectivity index (χ4n) is 1.96. The smallest absolute Gasteiger partial charge is 0.314 e. The number of nitrogens with one attached hydrogen (secondary N) is 2. The number of carbonyl (C=O) groups excluding carboxylic acids is 1. The predicted octanol–water partition coefficient (Wildman–Crippen LogP) is 2.02. The standard InChI is InChI=1S/C13H20N2O2S2/c1-10(11-3-2-5-19-11)7-14-12(16)15-8-13(17)4-6-18-9-13/h2-3,5,10,17H,4,6-9H2,1H3,(H2,14,15,16)/t10-,13+/m1/s1. The normalized spacial score (nSPS) is 24.1. The average molecular weight is 300 g/mol. The molecule has 0 aromatic carbocycles. The summed E-state index contributed by atoms with van der Waals surface area (Å²) < 4.78 is 0. The molecule has 1 aromatic heterocycles. The Hall–Kier alpha value is -0.720. The molecule has 1 aromatic rings. The minimum absolute atomic E-state index is 0.200. The van der Waals surface area contributed by atoms with Crippen LogP contribution < -0.4 is 10.6 Å². The molecule has 4 nitrogen and oxygen atoms in total. The molecule has 0 bridgehead atoms. The molecule has 6 heteroatoms. The van der Waals surface area contributed by atoms with Gasteiger partial charge in [0.05, 0.1) is 5.60 Å². The fourth-order valence-corrected chi connectivity index (χ4v) is 4.04. The molecule has 2 amide bonds. The highest BCUT2D eigenvalue weighted by molar-refractivity contribution is 7.99. The molecule has 0 saturated carbocycles. The third kappa shape index (κ3) is 4.40. The number of rotatable bonds is 5. The van der Waals surface area contributed by atoms with E-state index in [0.29, 0.717) is 24.8 Å². The molecule has 3 N–H and O–H groups in total. The zero-order valence-corrected chi connectivity index (χ0v) is 12.6. The Balaban J connectivity index is 1.67. The second kappa shape index (κ2) is 6.63. The van der Waals surface area contributed by atoms with Crippen molar-refractivity contribution in [1.29, 1.82) is 0 Å². The molecule has 0 spiro atoms. The van der Waals surface area contributed by atoms with E-state index >= 15 is 0 Å². The Morgan fingerprint density at radius 3 is 3.05 bits per heavy atom. The molecule has 1 aliphatic heterocycles. The number of thiophene rings is 1. The van der Waals surface area contributed by atoms with Crippen molar-refractivity contribution in [3.05, 3.63) is 22.4 Å². The molecule has 1 fully saturated rings. The van der Waals surface area contributed by atoms with Crippen molar-refractivity contribution in [3.63, 3.8) is 0 Å². The van der Waals surface area contributed by atoms with Gasteiger partial charge in [0, 0.05) is 29.6 Å². The highest BCUT2D eigenvalue weighted by Gasteiger charge is 2.31. The molecule has 0 aliphatic carbocycles. The molecular weight excluding hydrogens is 280 g/mol. The van der Waals surface area contributed by atoms with Crippen molar-refractivity contribution in [1.82, 2.24) is 10.6 Å². The van der Waals surface area contributed by atoms with E-state index in [0.717, 1.165) is 12.2 Å². The van der Waals surface area contributed by atoms with Gasteiger partial charge in [-0.2, -0.15) is 11.8 Å². The largest absolute Gasteiger partial charge is 0.387 e. The van der Waals surface area contributed by atoms with Crippen LogP contribution in [0.25, 0.3) is 0 Å². The van der Waals surface area contributed by atoms with Crippen molar-refractivity contribution in [2.75, 3.05) is 24.6 Å². The molecule has 2 atom stereocenters. The van der Waals surface area contributed by atoms with Gasteiger partial charge in [0.25, 0.3) is 0 Å². The van der Waals surface area contributed by atoms with Crippen molar-refractivity contribution in [2.45, 2.75) is 24.9 Å². The lowest BCUT2D eigenvalue weighted by molar-refractivity contribution is 0.0700. The third-order valence-electron chi connectivity index (χ3n) is 3.26. The fraction of sp³-hybridized carbons (Fsp3) is 0.615. The number of amides is 2. The summed E-state index contributed by atoms with van der Waals surface area (Å²) in [5.41, 5.74) is -0.721. The van der Waals surface area contributed by atoms with Crippen molar-refractivity contribution in [3.8, 4) is 0 Å². The van der Waals surface area contributed by atoms with Gasteiger partial charge in [-0.3, -0.25) is 0 Å². The van der Waals surface area contributed by atoms with Gasteiger partial charge in [-0.05, 0) is 23.6 Å². The van der Waals surface area contributed by atoms with Crippen LogP contribution in [0.15, 0.2) is 17.5 Å². The van der Waals surface area contributed by atoms with Gasteiger partial charge in [0.2, 0.25) is 0 Å². The molecule has 1 aliphatic rings. The molecule has 0 radical (unpaired) electrons. The second-order valence-corrected chi connectivity index (χ2v) is 7.09. The molecule has 1 saturated heterocycles. The number of thioether (sulfide) groups is 1. The number of hydrogen-bond donors (Lipinski definition) is 3. The van der Waals surface area contributed by atoms with Gasteiger partial charge in [-0.15, -0.1) is 11.3 Å². The molecule has 0 unspecified atom stereocenters. The van der Waals surface area contributed by atoms with Crippen LogP contribution in [0.3, 0.4) is 0 Å². The van der Waals surface area contributed by atoms with Crippen LogP contribution >= 0.6 is 23.1 Å². The topological polar surface area (TPSA) is 61.4 Å². The lowest BCUT2D eigenvalue weighted by atomic mass is 10.0. The summed E-state index contributed by atoms with van der Waals surface area (Å²) in [5, 5.41) is 17.8. The second-order valence-electron chi connectivity index (χ2n) is 5.01. The van der Waals surface area contributed by atoms with E-state index in [4.69, 9.17) is 0 Å². The maximum atomic E-state index is 11.7. The maximum Gasteiger partial charge on any atom is 0.314 e. The summed E-state index contributed by atoms with van der Waals surface area (Å²) in [6.07, 6.45) is 0.754. The van der Waals surface area contributed by atoms with Gasteiger partial charge in [-0.1, -0.05) is 13.0 Å². The summed E-state index contributed by atoms with van der Waals surface area (Å²) in [4.78, 5) is 12.9.